The van der Waals surface area contributed by atoms with Crippen LogP contribution in [0.15, 0.2) is 24.3 Å². The lowest BCUT2D eigenvalue weighted by molar-refractivity contribution is -0.123. The van der Waals surface area contributed by atoms with E-state index >= 15 is 0 Å². The molecular formula is C20H32BClN2O4. The lowest BCUT2D eigenvalue weighted by Gasteiger charge is -2.32. The molecule has 1 saturated heterocycles. The number of ether oxygens (including phenoxy) is 1. The molecule has 3 N–H and O–H groups in total. The van der Waals surface area contributed by atoms with Crippen molar-refractivity contribution in [1.29, 1.82) is 0 Å². The second-order valence-corrected chi connectivity index (χ2v) is 8.76. The number of nitrogens with two attached hydrogens (primary N) is 1. The molecule has 1 aliphatic heterocycles. The van der Waals surface area contributed by atoms with Crippen molar-refractivity contribution >= 4 is 24.6 Å². The molecular weight excluding hydrogens is 378 g/mol. The van der Waals surface area contributed by atoms with Gasteiger partial charge in [0.1, 0.15) is 6.04 Å². The van der Waals surface area contributed by atoms with Crippen LogP contribution in [0.3, 0.4) is 0 Å². The van der Waals surface area contributed by atoms with Gasteiger partial charge in [-0.15, -0.1) is 0 Å². The molecule has 28 heavy (non-hydrogen) atoms. The molecule has 0 radical (unpaired) electrons. The van der Waals surface area contributed by atoms with Crippen molar-refractivity contribution in [2.75, 3.05) is 13.7 Å². The summed E-state index contributed by atoms with van der Waals surface area (Å²) in [4.78, 5) is 12.5. The van der Waals surface area contributed by atoms with Crippen molar-refractivity contribution in [3.05, 3.63) is 34.9 Å². The Labute approximate surface area is 173 Å². The molecule has 156 valence electrons. The lowest BCUT2D eigenvalue weighted by atomic mass is 9.75. The predicted molar refractivity (Wildman–Crippen MR) is 112 cm³/mol. The van der Waals surface area contributed by atoms with Gasteiger partial charge in [0.15, 0.2) is 0 Å². The average Bonchev–Trinajstić information content (AvgIpc) is 2.81. The van der Waals surface area contributed by atoms with Crippen molar-refractivity contribution < 1.29 is 18.8 Å². The molecule has 0 saturated carbocycles. The molecule has 8 heteroatoms. The van der Waals surface area contributed by atoms with Gasteiger partial charge in [0.2, 0.25) is 5.91 Å². The molecule has 1 aromatic rings. The van der Waals surface area contributed by atoms with E-state index in [0.717, 1.165) is 23.4 Å². The average molecular weight is 411 g/mol. The largest absolute Gasteiger partial charge is 0.481 e. The molecule has 0 aromatic heterocycles. The van der Waals surface area contributed by atoms with Gasteiger partial charge in [-0.25, -0.2) is 0 Å². The SMILES string of the molecule is COC[C@@H](N)C(=O)N[C@@H](CCCc1cccc(Cl)c1)B1OC(C)(C)C(C)(C)O1. The van der Waals surface area contributed by atoms with Gasteiger partial charge in [0, 0.05) is 12.1 Å². The Balaban J connectivity index is 2.04. The molecule has 2 rings (SSSR count). The van der Waals surface area contributed by atoms with E-state index in [0.29, 0.717) is 6.42 Å². The summed E-state index contributed by atoms with van der Waals surface area (Å²) in [5.41, 5.74) is 6.10. The number of carbonyl (C=O) groups excluding carboxylic acids is 1. The first-order chi connectivity index (χ1) is 13.1. The van der Waals surface area contributed by atoms with Gasteiger partial charge in [-0.05, 0) is 64.7 Å². The number of carbonyl (C=O) groups is 1. The van der Waals surface area contributed by atoms with Gasteiger partial charge in [0.25, 0.3) is 0 Å². The molecule has 1 amide bonds. The third-order valence-corrected chi connectivity index (χ3v) is 5.72. The normalized spacial score (nSPS) is 20.0. The number of nitrogens with one attached hydrogen (secondary N) is 1. The molecule has 0 aliphatic carbocycles. The second kappa shape index (κ2) is 9.59. The number of hydrogen-bond donors (Lipinski definition) is 2. The molecule has 1 heterocycles. The van der Waals surface area contributed by atoms with E-state index in [9.17, 15) is 4.79 Å². The highest BCUT2D eigenvalue weighted by Gasteiger charge is 2.54. The number of methoxy groups -OCH3 is 1. The van der Waals surface area contributed by atoms with Crippen LogP contribution in [-0.4, -0.2) is 49.9 Å². The Morgan fingerprint density at radius 3 is 2.50 bits per heavy atom. The first kappa shape index (κ1) is 23.2. The van der Waals surface area contributed by atoms with Crippen LogP contribution in [-0.2, 0) is 25.3 Å². The van der Waals surface area contributed by atoms with Gasteiger partial charge < -0.3 is 25.1 Å². The van der Waals surface area contributed by atoms with Gasteiger partial charge in [-0.2, -0.15) is 0 Å². The molecule has 2 atom stereocenters. The molecule has 1 aromatic carbocycles. The summed E-state index contributed by atoms with van der Waals surface area (Å²) in [5.74, 6) is -0.583. The minimum atomic E-state index is -0.733. The van der Waals surface area contributed by atoms with Crippen LogP contribution in [0.5, 0.6) is 0 Å². The Bertz CT molecular complexity index is 655. The van der Waals surface area contributed by atoms with Gasteiger partial charge in [0.05, 0.1) is 23.8 Å². The fourth-order valence-electron chi connectivity index (χ4n) is 3.09. The van der Waals surface area contributed by atoms with Crippen LogP contribution in [0.2, 0.25) is 5.02 Å². The summed E-state index contributed by atoms with van der Waals surface area (Å²) in [6, 6.07) is 7.06. The molecule has 1 aliphatic rings. The fraction of sp³-hybridized carbons (Fsp3) is 0.650. The number of rotatable bonds is 9. The first-order valence-electron chi connectivity index (χ1n) is 9.71. The zero-order chi connectivity index (χ0) is 20.9. The first-order valence-corrected chi connectivity index (χ1v) is 10.1. The van der Waals surface area contributed by atoms with Crippen molar-refractivity contribution in [2.45, 2.75) is 70.1 Å². The maximum atomic E-state index is 12.5. The van der Waals surface area contributed by atoms with E-state index in [1.807, 2.05) is 52.0 Å². The van der Waals surface area contributed by atoms with Crippen LogP contribution >= 0.6 is 11.6 Å². The van der Waals surface area contributed by atoms with Crippen molar-refractivity contribution in [2.24, 2.45) is 5.73 Å². The molecule has 0 bridgehead atoms. The number of amides is 1. The maximum Gasteiger partial charge on any atom is 0.481 e. The zero-order valence-electron chi connectivity index (χ0n) is 17.5. The Kier molecular flexibility index (Phi) is 7.93. The summed E-state index contributed by atoms with van der Waals surface area (Å²) in [6.07, 6.45) is 2.38. The van der Waals surface area contributed by atoms with Crippen LogP contribution < -0.4 is 11.1 Å². The van der Waals surface area contributed by atoms with Gasteiger partial charge in [-0.3, -0.25) is 4.79 Å². The van der Waals surface area contributed by atoms with Crippen LogP contribution in [0.4, 0.5) is 0 Å². The molecule has 0 spiro atoms. The van der Waals surface area contributed by atoms with Crippen LogP contribution in [0.1, 0.15) is 46.1 Å². The number of benzene rings is 1. The number of halogens is 1. The highest BCUT2D eigenvalue weighted by atomic mass is 35.5. The number of aryl methyl sites for hydroxylation is 1. The quantitative estimate of drug-likeness (QED) is 0.612. The minimum absolute atomic E-state index is 0.157. The smallest absolute Gasteiger partial charge is 0.402 e. The fourth-order valence-corrected chi connectivity index (χ4v) is 3.31. The minimum Gasteiger partial charge on any atom is -0.402 e. The molecule has 0 unspecified atom stereocenters. The van der Waals surface area contributed by atoms with E-state index < -0.39 is 24.4 Å². The second-order valence-electron chi connectivity index (χ2n) is 8.32. The monoisotopic (exact) mass is 410 g/mol. The van der Waals surface area contributed by atoms with Crippen LogP contribution in [0.25, 0.3) is 0 Å². The zero-order valence-corrected chi connectivity index (χ0v) is 18.2. The summed E-state index contributed by atoms with van der Waals surface area (Å²) < 4.78 is 17.3. The van der Waals surface area contributed by atoms with E-state index in [-0.39, 0.29) is 18.5 Å². The van der Waals surface area contributed by atoms with Gasteiger partial charge >= 0.3 is 7.12 Å². The Morgan fingerprint density at radius 1 is 1.29 bits per heavy atom. The highest BCUT2D eigenvalue weighted by molar-refractivity contribution is 6.48. The van der Waals surface area contributed by atoms with E-state index in [1.165, 1.54) is 7.11 Å². The number of hydrogen-bond acceptors (Lipinski definition) is 5. The lowest BCUT2D eigenvalue weighted by Crippen LogP contribution is -2.53. The molecule has 1 fully saturated rings. The molecule has 6 nitrogen and oxygen atoms in total. The standard InChI is InChI=1S/C20H32BClN2O4/c1-19(2)20(3,4)28-21(27-19)17(24-18(25)16(23)13-26-5)11-7-9-14-8-6-10-15(22)12-14/h6,8,10,12,16-17H,7,9,11,13,23H2,1-5H3,(H,24,25)/t16-,17+/m1/s1. The highest BCUT2D eigenvalue weighted by Crippen LogP contribution is 2.38. The van der Waals surface area contributed by atoms with Crippen molar-refractivity contribution in [1.82, 2.24) is 5.32 Å². The van der Waals surface area contributed by atoms with E-state index in [2.05, 4.69) is 5.32 Å². The van der Waals surface area contributed by atoms with Crippen LogP contribution in [0, 0.1) is 0 Å². The summed E-state index contributed by atoms with van der Waals surface area (Å²) in [5, 5.41) is 3.72. The van der Waals surface area contributed by atoms with E-state index in [1.54, 1.807) is 0 Å². The Hall–Kier alpha value is -1.12. The maximum absolute atomic E-state index is 12.5. The van der Waals surface area contributed by atoms with Gasteiger partial charge in [-0.1, -0.05) is 23.7 Å². The Morgan fingerprint density at radius 2 is 1.93 bits per heavy atom. The topological polar surface area (TPSA) is 82.8 Å². The predicted octanol–water partition coefficient (Wildman–Crippen LogP) is 2.75. The summed E-state index contributed by atoms with van der Waals surface area (Å²) in [6.45, 7) is 8.14. The van der Waals surface area contributed by atoms with Crippen molar-refractivity contribution in [3.8, 4) is 0 Å². The third-order valence-electron chi connectivity index (χ3n) is 5.48. The summed E-state index contributed by atoms with van der Waals surface area (Å²) in [7, 11) is 0.979. The third kappa shape index (κ3) is 5.94. The van der Waals surface area contributed by atoms with Crippen molar-refractivity contribution in [3.63, 3.8) is 0 Å². The van der Waals surface area contributed by atoms with E-state index in [4.69, 9.17) is 31.4 Å². The summed E-state index contributed by atoms with van der Waals surface area (Å²) >= 11 is 6.06.